The van der Waals surface area contributed by atoms with E-state index >= 15 is 0 Å². The standard InChI is InChI=1S/C17H23NO4/c19-16(10-12-22-15-6-2-1-3-7-15)18-11-4-5-14(13-18)8-9-17(20)21/h1-3,6-7,14H,4-5,8-13H2,(H,20,21)/t14-/m0/s1. The minimum absolute atomic E-state index is 0.0935. The number of likely N-dealkylation sites (tertiary alicyclic amines) is 1. The van der Waals surface area contributed by atoms with Crippen molar-refractivity contribution >= 4 is 11.9 Å². The highest BCUT2D eigenvalue weighted by atomic mass is 16.5. The van der Waals surface area contributed by atoms with Crippen LogP contribution in [0.5, 0.6) is 5.75 Å². The number of nitrogens with zero attached hydrogens (tertiary/aromatic N) is 1. The number of carboxylic acid groups (broad SMARTS) is 1. The second-order valence-electron chi connectivity index (χ2n) is 5.69. The third kappa shape index (κ3) is 5.39. The summed E-state index contributed by atoms with van der Waals surface area (Å²) in [7, 11) is 0. The van der Waals surface area contributed by atoms with Crippen LogP contribution in [-0.2, 0) is 9.59 Å². The Morgan fingerprint density at radius 2 is 2.00 bits per heavy atom. The number of hydrogen-bond donors (Lipinski definition) is 1. The van der Waals surface area contributed by atoms with Crippen LogP contribution in [0, 0.1) is 5.92 Å². The van der Waals surface area contributed by atoms with Gasteiger partial charge in [0.15, 0.2) is 0 Å². The Labute approximate surface area is 130 Å². The summed E-state index contributed by atoms with van der Waals surface area (Å²) in [5.41, 5.74) is 0. The van der Waals surface area contributed by atoms with Crippen molar-refractivity contribution in [1.82, 2.24) is 4.90 Å². The van der Waals surface area contributed by atoms with Crippen molar-refractivity contribution in [3.63, 3.8) is 0 Å². The molecule has 1 aliphatic heterocycles. The van der Waals surface area contributed by atoms with Crippen LogP contribution in [-0.4, -0.2) is 41.6 Å². The number of hydrogen-bond acceptors (Lipinski definition) is 3. The molecule has 1 amide bonds. The summed E-state index contributed by atoms with van der Waals surface area (Å²) in [5.74, 6) is 0.410. The molecule has 1 atom stereocenters. The van der Waals surface area contributed by atoms with Crippen molar-refractivity contribution in [1.29, 1.82) is 0 Å². The van der Waals surface area contributed by atoms with Gasteiger partial charge < -0.3 is 14.7 Å². The van der Waals surface area contributed by atoms with E-state index in [9.17, 15) is 9.59 Å². The lowest BCUT2D eigenvalue weighted by Gasteiger charge is -2.32. The maximum Gasteiger partial charge on any atom is 0.303 e. The highest BCUT2D eigenvalue weighted by Gasteiger charge is 2.23. The summed E-state index contributed by atoms with van der Waals surface area (Å²) in [6, 6.07) is 9.45. The van der Waals surface area contributed by atoms with Gasteiger partial charge in [0, 0.05) is 19.5 Å². The van der Waals surface area contributed by atoms with Crippen LogP contribution in [0.2, 0.25) is 0 Å². The second kappa shape index (κ2) is 8.41. The number of ether oxygens (including phenoxy) is 1. The van der Waals surface area contributed by atoms with Gasteiger partial charge in [-0.2, -0.15) is 0 Å². The number of piperidine rings is 1. The van der Waals surface area contributed by atoms with Crippen molar-refractivity contribution in [2.45, 2.75) is 32.1 Å². The minimum atomic E-state index is -0.764. The predicted molar refractivity (Wildman–Crippen MR) is 82.7 cm³/mol. The van der Waals surface area contributed by atoms with E-state index in [0.29, 0.717) is 31.9 Å². The number of carbonyl (C=O) groups excluding carboxylic acids is 1. The molecule has 1 aromatic carbocycles. The maximum atomic E-state index is 12.2. The van der Waals surface area contributed by atoms with E-state index in [1.807, 2.05) is 35.2 Å². The van der Waals surface area contributed by atoms with E-state index in [2.05, 4.69) is 0 Å². The number of para-hydroxylation sites is 1. The summed E-state index contributed by atoms with van der Waals surface area (Å²) in [4.78, 5) is 24.7. The normalized spacial score (nSPS) is 18.0. The molecule has 0 radical (unpaired) electrons. The lowest BCUT2D eigenvalue weighted by Crippen LogP contribution is -2.40. The van der Waals surface area contributed by atoms with Gasteiger partial charge in [-0.25, -0.2) is 0 Å². The zero-order valence-electron chi connectivity index (χ0n) is 12.7. The Kier molecular flexibility index (Phi) is 6.25. The van der Waals surface area contributed by atoms with Gasteiger partial charge >= 0.3 is 5.97 Å². The molecule has 0 aromatic heterocycles. The molecule has 0 aliphatic carbocycles. The van der Waals surface area contributed by atoms with Gasteiger partial charge in [0.05, 0.1) is 13.0 Å². The monoisotopic (exact) mass is 305 g/mol. The first kappa shape index (κ1) is 16.3. The van der Waals surface area contributed by atoms with Crippen molar-refractivity contribution < 1.29 is 19.4 Å². The molecule has 5 nitrogen and oxygen atoms in total. The molecule has 0 bridgehead atoms. The molecular weight excluding hydrogens is 282 g/mol. The number of carbonyl (C=O) groups is 2. The summed E-state index contributed by atoms with van der Waals surface area (Å²) >= 11 is 0. The second-order valence-corrected chi connectivity index (χ2v) is 5.69. The number of carboxylic acids is 1. The highest BCUT2D eigenvalue weighted by Crippen LogP contribution is 2.21. The fourth-order valence-electron chi connectivity index (χ4n) is 2.79. The van der Waals surface area contributed by atoms with Crippen LogP contribution in [0.25, 0.3) is 0 Å². The SMILES string of the molecule is O=C(O)CC[C@@H]1CCCN(C(=O)CCOc2ccccc2)C1. The predicted octanol–water partition coefficient (Wildman–Crippen LogP) is 2.56. The van der Waals surface area contributed by atoms with Crippen LogP contribution in [0.4, 0.5) is 0 Å². The van der Waals surface area contributed by atoms with E-state index in [0.717, 1.165) is 25.1 Å². The Hall–Kier alpha value is -2.04. The molecule has 1 fully saturated rings. The molecule has 5 heteroatoms. The van der Waals surface area contributed by atoms with Crippen LogP contribution >= 0.6 is 0 Å². The Morgan fingerprint density at radius 1 is 1.23 bits per heavy atom. The molecule has 22 heavy (non-hydrogen) atoms. The highest BCUT2D eigenvalue weighted by molar-refractivity contribution is 5.76. The first-order chi connectivity index (χ1) is 10.6. The van der Waals surface area contributed by atoms with E-state index in [4.69, 9.17) is 9.84 Å². The number of aliphatic carboxylic acids is 1. The lowest BCUT2D eigenvalue weighted by molar-refractivity contribution is -0.137. The van der Waals surface area contributed by atoms with Gasteiger partial charge in [0.25, 0.3) is 0 Å². The van der Waals surface area contributed by atoms with Crippen LogP contribution in [0.15, 0.2) is 30.3 Å². The topological polar surface area (TPSA) is 66.8 Å². The van der Waals surface area contributed by atoms with E-state index in [1.54, 1.807) is 0 Å². The number of rotatable bonds is 7. The molecule has 0 saturated carbocycles. The van der Waals surface area contributed by atoms with Gasteiger partial charge in [-0.15, -0.1) is 0 Å². The van der Waals surface area contributed by atoms with Crippen LogP contribution in [0.1, 0.15) is 32.1 Å². The van der Waals surface area contributed by atoms with E-state index < -0.39 is 5.97 Å². The molecule has 120 valence electrons. The molecular formula is C17H23NO4. The van der Waals surface area contributed by atoms with E-state index in [-0.39, 0.29) is 12.3 Å². The summed E-state index contributed by atoms with van der Waals surface area (Å²) < 4.78 is 5.55. The van der Waals surface area contributed by atoms with Crippen LogP contribution in [0.3, 0.4) is 0 Å². The Balaban J connectivity index is 1.71. The molecule has 0 unspecified atom stereocenters. The molecule has 1 heterocycles. The number of benzene rings is 1. The quantitative estimate of drug-likeness (QED) is 0.840. The largest absolute Gasteiger partial charge is 0.493 e. The number of amides is 1. The Bertz CT molecular complexity index is 489. The van der Waals surface area contributed by atoms with Crippen molar-refractivity contribution in [2.75, 3.05) is 19.7 Å². The average molecular weight is 305 g/mol. The third-order valence-corrected chi connectivity index (χ3v) is 3.97. The summed E-state index contributed by atoms with van der Waals surface area (Å²) in [6.45, 7) is 1.82. The van der Waals surface area contributed by atoms with Gasteiger partial charge in [0.2, 0.25) is 5.91 Å². The molecule has 1 aromatic rings. The van der Waals surface area contributed by atoms with Gasteiger partial charge in [-0.05, 0) is 37.3 Å². The lowest BCUT2D eigenvalue weighted by atomic mass is 9.93. The van der Waals surface area contributed by atoms with Crippen molar-refractivity contribution in [3.05, 3.63) is 30.3 Å². The first-order valence-electron chi connectivity index (χ1n) is 7.82. The first-order valence-corrected chi connectivity index (χ1v) is 7.82. The van der Waals surface area contributed by atoms with Gasteiger partial charge in [-0.3, -0.25) is 9.59 Å². The minimum Gasteiger partial charge on any atom is -0.493 e. The van der Waals surface area contributed by atoms with Gasteiger partial charge in [0.1, 0.15) is 5.75 Å². The zero-order chi connectivity index (χ0) is 15.8. The van der Waals surface area contributed by atoms with E-state index in [1.165, 1.54) is 0 Å². The van der Waals surface area contributed by atoms with Crippen molar-refractivity contribution in [2.24, 2.45) is 5.92 Å². The molecule has 2 rings (SSSR count). The molecule has 1 saturated heterocycles. The average Bonchev–Trinajstić information content (AvgIpc) is 2.54. The fourth-order valence-corrected chi connectivity index (χ4v) is 2.79. The third-order valence-electron chi connectivity index (χ3n) is 3.97. The van der Waals surface area contributed by atoms with Gasteiger partial charge in [-0.1, -0.05) is 18.2 Å². The van der Waals surface area contributed by atoms with Crippen molar-refractivity contribution in [3.8, 4) is 5.75 Å². The Morgan fingerprint density at radius 3 is 2.73 bits per heavy atom. The fraction of sp³-hybridized carbons (Fsp3) is 0.529. The summed E-state index contributed by atoms with van der Waals surface area (Å²) in [6.07, 6.45) is 3.16. The summed E-state index contributed by atoms with van der Waals surface area (Å²) in [5, 5.41) is 8.75. The zero-order valence-corrected chi connectivity index (χ0v) is 12.7. The smallest absolute Gasteiger partial charge is 0.303 e. The van der Waals surface area contributed by atoms with Crippen LogP contribution < -0.4 is 4.74 Å². The maximum absolute atomic E-state index is 12.2. The molecule has 1 aliphatic rings. The molecule has 0 spiro atoms. The molecule has 1 N–H and O–H groups in total.